The minimum atomic E-state index is 0.125. The molecule has 0 unspecified atom stereocenters. The van der Waals surface area contributed by atoms with Crippen LogP contribution in [0.25, 0.3) is 0 Å². The van der Waals surface area contributed by atoms with Gasteiger partial charge in [-0.2, -0.15) is 0 Å². The summed E-state index contributed by atoms with van der Waals surface area (Å²) in [6, 6.07) is 5.94. The van der Waals surface area contributed by atoms with Crippen LogP contribution < -0.4 is 21.1 Å². The van der Waals surface area contributed by atoms with Crippen LogP contribution in [-0.4, -0.2) is 30.6 Å². The smallest absolute Gasteiger partial charge is 0.220 e. The van der Waals surface area contributed by atoms with Crippen molar-refractivity contribution in [3.05, 3.63) is 23.8 Å². The number of nitrogens with two attached hydrogens (primary N) is 1. The van der Waals surface area contributed by atoms with Gasteiger partial charge in [0.15, 0.2) is 0 Å². The fraction of sp³-hybridized carbons (Fsp3) is 0.467. The van der Waals surface area contributed by atoms with Crippen molar-refractivity contribution in [2.24, 2.45) is 5.73 Å². The topological polar surface area (TPSA) is 76.4 Å². The van der Waals surface area contributed by atoms with Crippen LogP contribution in [0.1, 0.15) is 31.2 Å². The van der Waals surface area contributed by atoms with Crippen LogP contribution >= 0.6 is 12.2 Å². The van der Waals surface area contributed by atoms with Gasteiger partial charge >= 0.3 is 0 Å². The van der Waals surface area contributed by atoms with Gasteiger partial charge in [-0.05, 0) is 31.4 Å². The van der Waals surface area contributed by atoms with Crippen LogP contribution in [-0.2, 0) is 4.79 Å². The average Bonchev–Trinajstić information content (AvgIpc) is 3.27. The average molecular weight is 307 g/mol. The molecule has 1 saturated carbocycles. The number of ether oxygens (including phenoxy) is 1. The second kappa shape index (κ2) is 7.26. The molecule has 0 bridgehead atoms. The van der Waals surface area contributed by atoms with E-state index in [1.165, 1.54) is 0 Å². The molecule has 0 aromatic heterocycles. The quantitative estimate of drug-likeness (QED) is 0.504. The van der Waals surface area contributed by atoms with E-state index in [-0.39, 0.29) is 5.91 Å². The van der Waals surface area contributed by atoms with Gasteiger partial charge in [-0.1, -0.05) is 12.2 Å². The highest BCUT2D eigenvalue weighted by molar-refractivity contribution is 7.80. The molecule has 0 heterocycles. The first-order chi connectivity index (χ1) is 10.1. The third-order valence-electron chi connectivity index (χ3n) is 3.33. The number of benzene rings is 1. The van der Waals surface area contributed by atoms with Crippen molar-refractivity contribution in [2.45, 2.75) is 31.7 Å². The number of hydrogen-bond donors (Lipinski definition) is 3. The molecular formula is C15H21N3O2S. The summed E-state index contributed by atoms with van der Waals surface area (Å²) in [5.41, 5.74) is 7.33. The number of carbonyl (C=O) groups excluding carboxylic acids is 1. The summed E-state index contributed by atoms with van der Waals surface area (Å²) in [6.45, 7) is 0.681. The molecule has 21 heavy (non-hydrogen) atoms. The summed E-state index contributed by atoms with van der Waals surface area (Å²) in [4.78, 5) is 11.9. The molecule has 114 valence electrons. The molecule has 0 saturated heterocycles. The first-order valence-corrected chi connectivity index (χ1v) is 7.52. The minimum absolute atomic E-state index is 0.125. The molecule has 1 aliphatic rings. The van der Waals surface area contributed by atoms with E-state index in [2.05, 4.69) is 10.6 Å². The minimum Gasteiger partial charge on any atom is -0.497 e. The Morgan fingerprint density at radius 2 is 2.24 bits per heavy atom. The van der Waals surface area contributed by atoms with Gasteiger partial charge in [0.25, 0.3) is 0 Å². The summed E-state index contributed by atoms with van der Waals surface area (Å²) >= 11 is 5.04. The Morgan fingerprint density at radius 3 is 2.86 bits per heavy atom. The number of nitrogens with one attached hydrogen (secondary N) is 2. The third kappa shape index (κ3) is 4.90. The lowest BCUT2D eigenvalue weighted by atomic mass is 10.1. The Bertz CT molecular complexity index is 530. The second-order valence-electron chi connectivity index (χ2n) is 5.15. The SMILES string of the molecule is COc1ccc(C(N)=S)c(NCCCC(=O)NC2CC2)c1. The van der Waals surface area contributed by atoms with E-state index >= 15 is 0 Å². The lowest BCUT2D eigenvalue weighted by molar-refractivity contribution is -0.121. The van der Waals surface area contributed by atoms with Gasteiger partial charge in [-0.15, -0.1) is 0 Å². The monoisotopic (exact) mass is 307 g/mol. The van der Waals surface area contributed by atoms with Gasteiger partial charge in [0.1, 0.15) is 10.7 Å². The van der Waals surface area contributed by atoms with Gasteiger partial charge in [0, 0.05) is 36.3 Å². The van der Waals surface area contributed by atoms with E-state index in [4.69, 9.17) is 22.7 Å². The third-order valence-corrected chi connectivity index (χ3v) is 3.55. The largest absolute Gasteiger partial charge is 0.497 e. The van der Waals surface area contributed by atoms with Gasteiger partial charge in [-0.25, -0.2) is 0 Å². The number of rotatable bonds is 8. The number of hydrogen-bond acceptors (Lipinski definition) is 4. The molecule has 0 aliphatic heterocycles. The van der Waals surface area contributed by atoms with Crippen molar-refractivity contribution < 1.29 is 9.53 Å². The zero-order valence-corrected chi connectivity index (χ0v) is 13.0. The van der Waals surface area contributed by atoms with Crippen molar-refractivity contribution in [1.29, 1.82) is 0 Å². The van der Waals surface area contributed by atoms with E-state index in [1.807, 2.05) is 18.2 Å². The van der Waals surface area contributed by atoms with Crippen LogP contribution in [0, 0.1) is 0 Å². The van der Waals surface area contributed by atoms with Gasteiger partial charge in [0.05, 0.1) is 7.11 Å². The lowest BCUT2D eigenvalue weighted by Gasteiger charge is -2.12. The van der Waals surface area contributed by atoms with Crippen LogP contribution in [0.4, 0.5) is 5.69 Å². The highest BCUT2D eigenvalue weighted by Gasteiger charge is 2.22. The van der Waals surface area contributed by atoms with Gasteiger partial charge in [-0.3, -0.25) is 4.79 Å². The predicted octanol–water partition coefficient (Wildman–Crippen LogP) is 1.80. The van der Waals surface area contributed by atoms with E-state index in [0.29, 0.717) is 24.0 Å². The Hall–Kier alpha value is -1.82. The molecule has 1 fully saturated rings. The summed E-state index contributed by atoms with van der Waals surface area (Å²) in [5, 5.41) is 6.24. The van der Waals surface area contributed by atoms with E-state index in [1.54, 1.807) is 7.11 Å². The van der Waals surface area contributed by atoms with Crippen LogP contribution in [0.3, 0.4) is 0 Å². The molecule has 6 heteroatoms. The maximum absolute atomic E-state index is 11.6. The normalized spacial score (nSPS) is 13.6. The summed E-state index contributed by atoms with van der Waals surface area (Å²) in [5.74, 6) is 0.864. The van der Waals surface area contributed by atoms with Gasteiger partial charge < -0.3 is 21.1 Å². The van der Waals surface area contributed by atoms with Gasteiger partial charge in [0.2, 0.25) is 5.91 Å². The molecule has 0 radical (unpaired) electrons. The molecule has 4 N–H and O–H groups in total. The molecule has 0 spiro atoms. The Labute approximate surface area is 130 Å². The van der Waals surface area contributed by atoms with E-state index in [0.717, 1.165) is 36.3 Å². The van der Waals surface area contributed by atoms with E-state index < -0.39 is 0 Å². The highest BCUT2D eigenvalue weighted by Crippen LogP contribution is 2.22. The highest BCUT2D eigenvalue weighted by atomic mass is 32.1. The standard InChI is InChI=1S/C15H21N3O2S/c1-20-11-6-7-12(15(16)21)13(9-11)17-8-2-3-14(19)18-10-4-5-10/h6-7,9-10,17H,2-5,8H2,1H3,(H2,16,21)(H,18,19). The maximum atomic E-state index is 11.6. The Kier molecular flexibility index (Phi) is 5.38. The number of anilines is 1. The molecule has 5 nitrogen and oxygen atoms in total. The number of methoxy groups -OCH3 is 1. The summed E-state index contributed by atoms with van der Waals surface area (Å²) in [6.07, 6.45) is 3.51. The second-order valence-corrected chi connectivity index (χ2v) is 5.59. The Balaban J connectivity index is 1.83. The fourth-order valence-corrected chi connectivity index (χ4v) is 2.19. The first-order valence-electron chi connectivity index (χ1n) is 7.11. The van der Waals surface area contributed by atoms with Crippen molar-refractivity contribution in [3.63, 3.8) is 0 Å². The summed E-state index contributed by atoms with van der Waals surface area (Å²) < 4.78 is 5.20. The molecule has 1 amide bonds. The van der Waals surface area contributed by atoms with Crippen LogP contribution in [0.2, 0.25) is 0 Å². The Morgan fingerprint density at radius 1 is 1.48 bits per heavy atom. The number of amides is 1. The van der Waals surface area contributed by atoms with E-state index in [9.17, 15) is 4.79 Å². The molecule has 0 atom stereocenters. The number of thiocarbonyl (C=S) groups is 1. The predicted molar refractivity (Wildman–Crippen MR) is 87.8 cm³/mol. The fourth-order valence-electron chi connectivity index (χ4n) is 2.01. The van der Waals surface area contributed by atoms with Crippen molar-refractivity contribution in [1.82, 2.24) is 5.32 Å². The van der Waals surface area contributed by atoms with Crippen LogP contribution in [0.15, 0.2) is 18.2 Å². The molecule has 1 aliphatic carbocycles. The molecule has 2 rings (SSSR count). The first kappa shape index (κ1) is 15.6. The number of carbonyl (C=O) groups is 1. The summed E-state index contributed by atoms with van der Waals surface area (Å²) in [7, 11) is 1.61. The maximum Gasteiger partial charge on any atom is 0.220 e. The molecule has 1 aromatic carbocycles. The zero-order chi connectivity index (χ0) is 15.2. The van der Waals surface area contributed by atoms with Crippen molar-refractivity contribution in [2.75, 3.05) is 19.0 Å². The van der Waals surface area contributed by atoms with Crippen molar-refractivity contribution >= 4 is 28.8 Å². The molecule has 1 aromatic rings. The lowest BCUT2D eigenvalue weighted by Crippen LogP contribution is -2.25. The molecular weight excluding hydrogens is 286 g/mol. The van der Waals surface area contributed by atoms with Crippen molar-refractivity contribution in [3.8, 4) is 5.75 Å². The zero-order valence-electron chi connectivity index (χ0n) is 12.1. The van der Waals surface area contributed by atoms with Crippen LogP contribution in [0.5, 0.6) is 5.75 Å².